The van der Waals surface area contributed by atoms with E-state index in [-0.39, 0.29) is 5.91 Å². The highest BCUT2D eigenvalue weighted by Crippen LogP contribution is 2.23. The molecule has 0 unspecified atom stereocenters. The molecule has 3 rings (SSSR count). The summed E-state index contributed by atoms with van der Waals surface area (Å²) in [5, 5.41) is 2.90. The third kappa shape index (κ3) is 5.01. The SMILES string of the molecule is COc1cc(CNC(=O)c2cccc(Oc3ccccc3)c2)cc(OC)c1. The van der Waals surface area contributed by atoms with Crippen molar-refractivity contribution in [2.75, 3.05) is 14.2 Å². The van der Waals surface area contributed by atoms with Gasteiger partial charge in [0.05, 0.1) is 14.2 Å². The second-order valence-electron chi connectivity index (χ2n) is 5.85. The maximum absolute atomic E-state index is 12.5. The van der Waals surface area contributed by atoms with Crippen LogP contribution >= 0.6 is 0 Å². The summed E-state index contributed by atoms with van der Waals surface area (Å²) in [5.74, 6) is 2.50. The number of hydrogen-bond acceptors (Lipinski definition) is 4. The fraction of sp³-hybridized carbons (Fsp3) is 0.136. The number of benzene rings is 3. The number of para-hydroxylation sites is 1. The van der Waals surface area contributed by atoms with Crippen LogP contribution in [0.4, 0.5) is 0 Å². The zero-order chi connectivity index (χ0) is 19.1. The molecule has 5 nitrogen and oxygen atoms in total. The second kappa shape index (κ2) is 8.76. The first kappa shape index (κ1) is 18.3. The van der Waals surface area contributed by atoms with Gasteiger partial charge < -0.3 is 19.5 Å². The van der Waals surface area contributed by atoms with Gasteiger partial charge in [0.2, 0.25) is 0 Å². The Morgan fingerprint density at radius 1 is 0.778 bits per heavy atom. The van der Waals surface area contributed by atoms with Crippen LogP contribution in [0, 0.1) is 0 Å². The topological polar surface area (TPSA) is 56.8 Å². The van der Waals surface area contributed by atoms with Gasteiger partial charge in [-0.25, -0.2) is 0 Å². The molecule has 0 fully saturated rings. The third-order valence-corrected chi connectivity index (χ3v) is 3.94. The monoisotopic (exact) mass is 363 g/mol. The van der Waals surface area contributed by atoms with Crippen molar-refractivity contribution in [2.45, 2.75) is 6.54 Å². The summed E-state index contributed by atoms with van der Waals surface area (Å²) < 4.78 is 16.3. The van der Waals surface area contributed by atoms with Crippen LogP contribution in [0.3, 0.4) is 0 Å². The Morgan fingerprint density at radius 2 is 1.44 bits per heavy atom. The highest BCUT2D eigenvalue weighted by Gasteiger charge is 2.09. The maximum Gasteiger partial charge on any atom is 0.251 e. The summed E-state index contributed by atoms with van der Waals surface area (Å²) in [5.41, 5.74) is 1.41. The van der Waals surface area contributed by atoms with Crippen LogP contribution in [0.1, 0.15) is 15.9 Å². The molecule has 138 valence electrons. The Balaban J connectivity index is 1.67. The molecule has 1 N–H and O–H groups in total. The zero-order valence-electron chi connectivity index (χ0n) is 15.3. The smallest absolute Gasteiger partial charge is 0.251 e. The van der Waals surface area contributed by atoms with Crippen LogP contribution in [0.2, 0.25) is 0 Å². The highest BCUT2D eigenvalue weighted by molar-refractivity contribution is 5.94. The van der Waals surface area contributed by atoms with Crippen LogP contribution in [0.5, 0.6) is 23.0 Å². The first-order chi connectivity index (χ1) is 13.2. The van der Waals surface area contributed by atoms with Gasteiger partial charge in [-0.3, -0.25) is 4.79 Å². The van der Waals surface area contributed by atoms with E-state index in [0.717, 1.165) is 11.3 Å². The van der Waals surface area contributed by atoms with E-state index >= 15 is 0 Å². The van der Waals surface area contributed by atoms with Crippen molar-refractivity contribution in [3.8, 4) is 23.0 Å². The Morgan fingerprint density at radius 3 is 2.11 bits per heavy atom. The molecule has 0 saturated heterocycles. The van der Waals surface area contributed by atoms with E-state index in [4.69, 9.17) is 14.2 Å². The Hall–Kier alpha value is -3.47. The van der Waals surface area contributed by atoms with E-state index in [1.165, 1.54) is 0 Å². The van der Waals surface area contributed by atoms with E-state index in [9.17, 15) is 4.79 Å². The Bertz CT molecular complexity index is 887. The molecule has 0 aromatic heterocycles. The third-order valence-electron chi connectivity index (χ3n) is 3.94. The summed E-state index contributed by atoms with van der Waals surface area (Å²) in [6, 6.07) is 22.0. The summed E-state index contributed by atoms with van der Waals surface area (Å²) in [4.78, 5) is 12.5. The minimum atomic E-state index is -0.185. The number of nitrogens with one attached hydrogen (secondary N) is 1. The van der Waals surface area contributed by atoms with Gasteiger partial charge in [-0.1, -0.05) is 24.3 Å². The van der Waals surface area contributed by atoms with Gasteiger partial charge in [-0.15, -0.1) is 0 Å². The highest BCUT2D eigenvalue weighted by atomic mass is 16.5. The summed E-state index contributed by atoms with van der Waals surface area (Å²) >= 11 is 0. The Labute approximate surface area is 158 Å². The summed E-state index contributed by atoms with van der Waals surface area (Å²) in [6.45, 7) is 0.357. The van der Waals surface area contributed by atoms with Crippen molar-refractivity contribution in [3.63, 3.8) is 0 Å². The molecule has 0 heterocycles. The van der Waals surface area contributed by atoms with Crippen molar-refractivity contribution in [1.82, 2.24) is 5.32 Å². The first-order valence-electron chi connectivity index (χ1n) is 8.51. The van der Waals surface area contributed by atoms with Crippen molar-refractivity contribution < 1.29 is 19.0 Å². The van der Waals surface area contributed by atoms with Gasteiger partial charge in [0.15, 0.2) is 0 Å². The number of ether oxygens (including phenoxy) is 3. The number of carbonyl (C=O) groups excluding carboxylic acids is 1. The van der Waals surface area contributed by atoms with Gasteiger partial charge in [0, 0.05) is 18.2 Å². The molecule has 0 bridgehead atoms. The van der Waals surface area contributed by atoms with Crippen molar-refractivity contribution in [1.29, 1.82) is 0 Å². The first-order valence-corrected chi connectivity index (χ1v) is 8.51. The molecule has 1 amide bonds. The predicted octanol–water partition coefficient (Wildman–Crippen LogP) is 4.43. The second-order valence-corrected chi connectivity index (χ2v) is 5.85. The molecule has 0 spiro atoms. The van der Waals surface area contributed by atoms with Crippen molar-refractivity contribution in [2.24, 2.45) is 0 Å². The molecule has 3 aromatic carbocycles. The normalized spacial score (nSPS) is 10.1. The largest absolute Gasteiger partial charge is 0.497 e. The van der Waals surface area contributed by atoms with Gasteiger partial charge >= 0.3 is 0 Å². The fourth-order valence-electron chi connectivity index (χ4n) is 2.58. The van der Waals surface area contributed by atoms with Gasteiger partial charge in [0.1, 0.15) is 23.0 Å². The molecule has 0 saturated carbocycles. The van der Waals surface area contributed by atoms with E-state index in [1.807, 2.05) is 48.5 Å². The number of carbonyl (C=O) groups is 1. The number of hydrogen-bond donors (Lipinski definition) is 1. The minimum absolute atomic E-state index is 0.185. The van der Waals surface area contributed by atoms with E-state index in [2.05, 4.69) is 5.32 Å². The predicted molar refractivity (Wildman–Crippen MR) is 104 cm³/mol. The van der Waals surface area contributed by atoms with Crippen LogP contribution in [-0.2, 0) is 6.54 Å². The van der Waals surface area contributed by atoms with Crippen LogP contribution < -0.4 is 19.5 Å². The Kier molecular flexibility index (Phi) is 5.94. The lowest BCUT2D eigenvalue weighted by Crippen LogP contribution is -2.22. The number of amides is 1. The minimum Gasteiger partial charge on any atom is -0.497 e. The van der Waals surface area contributed by atoms with Crippen molar-refractivity contribution in [3.05, 3.63) is 83.9 Å². The molecule has 0 aliphatic rings. The number of methoxy groups -OCH3 is 2. The van der Waals surface area contributed by atoms with E-state index in [1.54, 1.807) is 38.5 Å². The quantitative estimate of drug-likeness (QED) is 0.675. The fourth-order valence-corrected chi connectivity index (χ4v) is 2.58. The van der Waals surface area contributed by atoms with Gasteiger partial charge in [0.25, 0.3) is 5.91 Å². The summed E-state index contributed by atoms with van der Waals surface area (Å²) in [7, 11) is 3.19. The molecule has 0 atom stereocenters. The average Bonchev–Trinajstić information content (AvgIpc) is 2.72. The lowest BCUT2D eigenvalue weighted by Gasteiger charge is -2.10. The lowest BCUT2D eigenvalue weighted by molar-refractivity contribution is 0.0950. The van der Waals surface area contributed by atoms with Crippen molar-refractivity contribution >= 4 is 5.91 Å². The molecule has 0 aliphatic carbocycles. The number of rotatable bonds is 7. The average molecular weight is 363 g/mol. The molecule has 0 aliphatic heterocycles. The molecular weight excluding hydrogens is 342 g/mol. The molecule has 5 heteroatoms. The maximum atomic E-state index is 12.5. The van der Waals surface area contributed by atoms with Gasteiger partial charge in [-0.2, -0.15) is 0 Å². The molecule has 3 aromatic rings. The van der Waals surface area contributed by atoms with Gasteiger partial charge in [-0.05, 0) is 48.0 Å². The standard InChI is InChI=1S/C22H21NO4/c1-25-20-11-16(12-21(14-20)26-2)15-23-22(24)17-7-6-10-19(13-17)27-18-8-4-3-5-9-18/h3-14H,15H2,1-2H3,(H,23,24). The van der Waals surface area contributed by atoms with E-state index in [0.29, 0.717) is 29.4 Å². The lowest BCUT2D eigenvalue weighted by atomic mass is 10.1. The van der Waals surface area contributed by atoms with E-state index < -0.39 is 0 Å². The molecular formula is C22H21NO4. The van der Waals surface area contributed by atoms with Crippen LogP contribution in [0.25, 0.3) is 0 Å². The van der Waals surface area contributed by atoms with Crippen LogP contribution in [0.15, 0.2) is 72.8 Å². The molecule has 27 heavy (non-hydrogen) atoms. The summed E-state index contributed by atoms with van der Waals surface area (Å²) in [6.07, 6.45) is 0. The zero-order valence-corrected chi connectivity index (χ0v) is 15.3. The molecule has 0 radical (unpaired) electrons. The van der Waals surface area contributed by atoms with Crippen LogP contribution in [-0.4, -0.2) is 20.1 Å².